The lowest BCUT2D eigenvalue weighted by Crippen LogP contribution is -2.23. The van der Waals surface area contributed by atoms with Gasteiger partial charge in [-0.3, -0.25) is 4.90 Å². The van der Waals surface area contributed by atoms with Crippen LogP contribution in [0.1, 0.15) is 30.9 Å². The van der Waals surface area contributed by atoms with Gasteiger partial charge in [0.1, 0.15) is 11.5 Å². The molecule has 0 fully saturated rings. The summed E-state index contributed by atoms with van der Waals surface area (Å²) in [7, 11) is 2.06. The Morgan fingerprint density at radius 3 is 2.68 bits per heavy atom. The third kappa shape index (κ3) is 4.26. The van der Waals surface area contributed by atoms with Gasteiger partial charge in [-0.25, -0.2) is 0 Å². The van der Waals surface area contributed by atoms with Crippen LogP contribution < -0.4 is 5.32 Å². The molecule has 19 heavy (non-hydrogen) atoms. The van der Waals surface area contributed by atoms with E-state index < -0.39 is 0 Å². The molecular formula is C15H22N2O2. The van der Waals surface area contributed by atoms with E-state index in [2.05, 4.69) is 31.1 Å². The molecule has 0 aliphatic rings. The summed E-state index contributed by atoms with van der Waals surface area (Å²) in [6.45, 7) is 6.69. The number of nitrogens with one attached hydrogen (secondary N) is 1. The van der Waals surface area contributed by atoms with E-state index in [1.54, 1.807) is 12.5 Å². The van der Waals surface area contributed by atoms with Crippen LogP contribution in [0.2, 0.25) is 0 Å². The highest BCUT2D eigenvalue weighted by molar-refractivity contribution is 5.17. The highest BCUT2D eigenvalue weighted by Gasteiger charge is 2.10. The van der Waals surface area contributed by atoms with Crippen molar-refractivity contribution in [2.75, 3.05) is 7.05 Å². The lowest BCUT2D eigenvalue weighted by atomic mass is 10.2. The maximum Gasteiger partial charge on any atom is 0.122 e. The highest BCUT2D eigenvalue weighted by Crippen LogP contribution is 2.14. The number of rotatable bonds is 7. The van der Waals surface area contributed by atoms with E-state index in [9.17, 15) is 0 Å². The van der Waals surface area contributed by atoms with Gasteiger partial charge in [0.15, 0.2) is 0 Å². The number of hydrogen-bond donors (Lipinski definition) is 1. The van der Waals surface area contributed by atoms with Crippen LogP contribution in [0.3, 0.4) is 0 Å². The fourth-order valence-corrected chi connectivity index (χ4v) is 1.95. The molecule has 0 unspecified atom stereocenters. The second-order valence-corrected chi connectivity index (χ2v) is 5.16. The van der Waals surface area contributed by atoms with Gasteiger partial charge in [0.2, 0.25) is 0 Å². The molecule has 4 heteroatoms. The average Bonchev–Trinajstić information content (AvgIpc) is 2.98. The summed E-state index contributed by atoms with van der Waals surface area (Å²) in [5, 5.41) is 3.41. The third-order valence-electron chi connectivity index (χ3n) is 2.96. The third-order valence-corrected chi connectivity index (χ3v) is 2.96. The van der Waals surface area contributed by atoms with Gasteiger partial charge in [0.05, 0.1) is 25.6 Å². The summed E-state index contributed by atoms with van der Waals surface area (Å²) in [5.74, 6) is 1.98. The summed E-state index contributed by atoms with van der Waals surface area (Å²) < 4.78 is 10.9. The molecule has 0 spiro atoms. The maximum atomic E-state index is 5.57. The van der Waals surface area contributed by atoms with E-state index in [4.69, 9.17) is 8.83 Å². The van der Waals surface area contributed by atoms with E-state index >= 15 is 0 Å². The molecule has 1 N–H and O–H groups in total. The second-order valence-electron chi connectivity index (χ2n) is 5.16. The van der Waals surface area contributed by atoms with Crippen LogP contribution in [0.4, 0.5) is 0 Å². The molecular weight excluding hydrogens is 240 g/mol. The topological polar surface area (TPSA) is 41.6 Å². The minimum Gasteiger partial charge on any atom is -0.468 e. The van der Waals surface area contributed by atoms with Crippen LogP contribution in [0.5, 0.6) is 0 Å². The summed E-state index contributed by atoms with van der Waals surface area (Å²) >= 11 is 0. The number of furan rings is 2. The fourth-order valence-electron chi connectivity index (χ4n) is 1.95. The Hall–Kier alpha value is -1.52. The summed E-state index contributed by atoms with van der Waals surface area (Å²) in [4.78, 5) is 2.18. The SMILES string of the molecule is CC(C)NCc1ccoc1CN(C)Cc1ccco1. The van der Waals surface area contributed by atoms with E-state index in [1.165, 1.54) is 5.56 Å². The molecule has 0 amide bonds. The minimum absolute atomic E-state index is 0.476. The molecule has 2 rings (SSSR count). The van der Waals surface area contributed by atoms with Crippen LogP contribution in [0.15, 0.2) is 39.6 Å². The Kier molecular flexibility index (Phi) is 4.82. The molecule has 0 atom stereocenters. The van der Waals surface area contributed by atoms with Gasteiger partial charge in [-0.05, 0) is 25.2 Å². The molecule has 0 aliphatic heterocycles. The van der Waals surface area contributed by atoms with Crippen molar-refractivity contribution in [3.8, 4) is 0 Å². The molecule has 2 heterocycles. The molecule has 2 aromatic rings. The smallest absolute Gasteiger partial charge is 0.122 e. The van der Waals surface area contributed by atoms with Gasteiger partial charge in [0, 0.05) is 18.2 Å². The summed E-state index contributed by atoms with van der Waals surface area (Å²) in [5.41, 5.74) is 1.22. The van der Waals surface area contributed by atoms with Gasteiger partial charge in [-0.1, -0.05) is 13.8 Å². The first kappa shape index (κ1) is 13.9. The zero-order chi connectivity index (χ0) is 13.7. The zero-order valence-corrected chi connectivity index (χ0v) is 11.8. The molecule has 0 aliphatic carbocycles. The average molecular weight is 262 g/mol. The first-order chi connectivity index (χ1) is 9.15. The van der Waals surface area contributed by atoms with Gasteiger partial charge in [-0.2, -0.15) is 0 Å². The maximum absolute atomic E-state index is 5.57. The first-order valence-corrected chi connectivity index (χ1v) is 6.64. The van der Waals surface area contributed by atoms with Crippen LogP contribution >= 0.6 is 0 Å². The quantitative estimate of drug-likeness (QED) is 0.833. The van der Waals surface area contributed by atoms with E-state index in [0.717, 1.165) is 31.2 Å². The summed E-state index contributed by atoms with van der Waals surface area (Å²) in [6, 6.07) is 6.41. The van der Waals surface area contributed by atoms with Crippen LogP contribution in [0, 0.1) is 0 Å². The largest absolute Gasteiger partial charge is 0.468 e. The van der Waals surface area contributed by atoms with E-state index in [1.807, 2.05) is 18.2 Å². The van der Waals surface area contributed by atoms with Gasteiger partial charge < -0.3 is 14.2 Å². The Labute approximate surface area is 114 Å². The van der Waals surface area contributed by atoms with E-state index in [-0.39, 0.29) is 0 Å². The first-order valence-electron chi connectivity index (χ1n) is 6.64. The monoisotopic (exact) mass is 262 g/mol. The lowest BCUT2D eigenvalue weighted by molar-refractivity contribution is 0.263. The molecule has 2 aromatic heterocycles. The van der Waals surface area contributed by atoms with Crippen molar-refractivity contribution in [1.82, 2.24) is 10.2 Å². The molecule has 4 nitrogen and oxygen atoms in total. The highest BCUT2D eigenvalue weighted by atomic mass is 16.3. The number of nitrogens with zero attached hydrogens (tertiary/aromatic N) is 1. The minimum atomic E-state index is 0.476. The van der Waals surface area contributed by atoms with Gasteiger partial charge in [-0.15, -0.1) is 0 Å². The van der Waals surface area contributed by atoms with Crippen molar-refractivity contribution < 1.29 is 8.83 Å². The fraction of sp³-hybridized carbons (Fsp3) is 0.467. The van der Waals surface area contributed by atoms with Crippen LogP contribution in [-0.2, 0) is 19.6 Å². The van der Waals surface area contributed by atoms with Crippen molar-refractivity contribution in [3.63, 3.8) is 0 Å². The molecule has 0 radical (unpaired) electrons. The zero-order valence-electron chi connectivity index (χ0n) is 11.8. The normalized spacial score (nSPS) is 11.6. The molecule has 0 saturated heterocycles. The molecule has 0 aromatic carbocycles. The Morgan fingerprint density at radius 1 is 1.16 bits per heavy atom. The molecule has 0 saturated carbocycles. The van der Waals surface area contributed by atoms with Crippen molar-refractivity contribution >= 4 is 0 Å². The van der Waals surface area contributed by atoms with Crippen molar-refractivity contribution in [1.29, 1.82) is 0 Å². The van der Waals surface area contributed by atoms with Crippen LogP contribution in [-0.4, -0.2) is 18.0 Å². The Morgan fingerprint density at radius 2 is 2.00 bits per heavy atom. The Bertz CT molecular complexity index is 474. The van der Waals surface area contributed by atoms with Crippen LogP contribution in [0.25, 0.3) is 0 Å². The summed E-state index contributed by atoms with van der Waals surface area (Å²) in [6.07, 6.45) is 3.46. The van der Waals surface area contributed by atoms with Gasteiger partial charge in [0.25, 0.3) is 0 Å². The van der Waals surface area contributed by atoms with E-state index in [0.29, 0.717) is 6.04 Å². The Balaban J connectivity index is 1.89. The van der Waals surface area contributed by atoms with Gasteiger partial charge >= 0.3 is 0 Å². The number of hydrogen-bond acceptors (Lipinski definition) is 4. The second kappa shape index (κ2) is 6.59. The lowest BCUT2D eigenvalue weighted by Gasteiger charge is -2.15. The standard InChI is InChI=1S/C15H22N2O2/c1-12(2)16-9-13-6-8-19-15(13)11-17(3)10-14-5-4-7-18-14/h4-8,12,16H,9-11H2,1-3H3. The molecule has 0 bridgehead atoms. The predicted molar refractivity (Wildman–Crippen MR) is 74.6 cm³/mol. The van der Waals surface area contributed by atoms with Crippen molar-refractivity contribution in [3.05, 3.63) is 47.8 Å². The van der Waals surface area contributed by atoms with Crippen molar-refractivity contribution in [2.45, 2.75) is 39.5 Å². The van der Waals surface area contributed by atoms with Crippen molar-refractivity contribution in [2.24, 2.45) is 0 Å². The molecule has 104 valence electrons. The predicted octanol–water partition coefficient (Wildman–Crippen LogP) is 3.00.